The average Bonchev–Trinajstić information content (AvgIpc) is 2.87. The molecule has 3 rings (SSSR count). The van der Waals surface area contributed by atoms with E-state index in [1.165, 1.54) is 24.0 Å². The third-order valence-corrected chi connectivity index (χ3v) is 4.66. The van der Waals surface area contributed by atoms with E-state index in [1.807, 2.05) is 23.1 Å². The van der Waals surface area contributed by atoms with Gasteiger partial charge in [0.15, 0.2) is 0 Å². The smallest absolute Gasteiger partial charge is 0.222 e. The number of carbonyl (C=O) groups is 1. The Bertz CT molecular complexity index is 660. The van der Waals surface area contributed by atoms with Gasteiger partial charge in [0.25, 0.3) is 0 Å². The quantitative estimate of drug-likeness (QED) is 0.865. The number of benzene rings is 1. The lowest BCUT2D eigenvalue weighted by Gasteiger charge is -2.20. The molecule has 24 heavy (non-hydrogen) atoms. The molecule has 2 heterocycles. The van der Waals surface area contributed by atoms with E-state index in [0.29, 0.717) is 18.8 Å². The highest BCUT2D eigenvalue weighted by Crippen LogP contribution is 2.28. The molecule has 0 spiro atoms. The van der Waals surface area contributed by atoms with Gasteiger partial charge < -0.3 is 4.90 Å². The van der Waals surface area contributed by atoms with Crippen LogP contribution in [0.2, 0.25) is 0 Å². The third kappa shape index (κ3) is 4.37. The number of hydrogen-bond acceptors (Lipinski definition) is 3. The molecule has 5 heteroatoms. The zero-order valence-corrected chi connectivity index (χ0v) is 13.7. The summed E-state index contributed by atoms with van der Waals surface area (Å²) in [5.41, 5.74) is 2.07. The molecule has 1 aromatic heterocycles. The van der Waals surface area contributed by atoms with E-state index < -0.39 is 0 Å². The first kappa shape index (κ1) is 16.6. The SMILES string of the molecule is O=C(CCc1ccncn1)N1CCC[C@H](c2ccc(F)cc2)CC1. The van der Waals surface area contributed by atoms with Crippen molar-refractivity contribution in [3.63, 3.8) is 0 Å². The van der Waals surface area contributed by atoms with Crippen molar-refractivity contribution in [1.82, 2.24) is 14.9 Å². The maximum atomic E-state index is 13.1. The van der Waals surface area contributed by atoms with Gasteiger partial charge in [-0.15, -0.1) is 0 Å². The van der Waals surface area contributed by atoms with Gasteiger partial charge in [0.1, 0.15) is 12.1 Å². The Morgan fingerprint density at radius 1 is 1.17 bits per heavy atom. The largest absolute Gasteiger partial charge is 0.343 e. The first-order chi connectivity index (χ1) is 11.7. The minimum absolute atomic E-state index is 0.188. The summed E-state index contributed by atoms with van der Waals surface area (Å²) in [4.78, 5) is 22.5. The molecule has 1 aliphatic heterocycles. The molecule has 0 unspecified atom stereocenters. The van der Waals surface area contributed by atoms with Gasteiger partial charge in [-0.1, -0.05) is 12.1 Å². The van der Waals surface area contributed by atoms with Gasteiger partial charge in [0.2, 0.25) is 5.91 Å². The van der Waals surface area contributed by atoms with Crippen molar-refractivity contribution in [3.8, 4) is 0 Å². The lowest BCUT2D eigenvalue weighted by Crippen LogP contribution is -2.32. The maximum Gasteiger partial charge on any atom is 0.222 e. The predicted molar refractivity (Wildman–Crippen MR) is 89.9 cm³/mol. The van der Waals surface area contributed by atoms with Gasteiger partial charge in [0, 0.05) is 31.4 Å². The van der Waals surface area contributed by atoms with Crippen molar-refractivity contribution >= 4 is 5.91 Å². The summed E-state index contributed by atoms with van der Waals surface area (Å²) in [6.07, 6.45) is 7.32. The van der Waals surface area contributed by atoms with Crippen LogP contribution in [0, 0.1) is 5.82 Å². The molecule has 0 aliphatic carbocycles. The summed E-state index contributed by atoms with van der Waals surface area (Å²) in [5, 5.41) is 0. The molecule has 2 aromatic rings. The van der Waals surface area contributed by atoms with E-state index in [9.17, 15) is 9.18 Å². The molecule has 0 bridgehead atoms. The Labute approximate surface area is 141 Å². The Hall–Kier alpha value is -2.30. The summed E-state index contributed by atoms with van der Waals surface area (Å²) in [5.74, 6) is 0.396. The highest BCUT2D eigenvalue weighted by atomic mass is 19.1. The highest BCUT2D eigenvalue weighted by molar-refractivity contribution is 5.76. The van der Waals surface area contributed by atoms with Crippen LogP contribution < -0.4 is 0 Å². The number of rotatable bonds is 4. The Morgan fingerprint density at radius 3 is 2.75 bits per heavy atom. The fraction of sp³-hybridized carbons (Fsp3) is 0.421. The van der Waals surface area contributed by atoms with Crippen molar-refractivity contribution in [2.75, 3.05) is 13.1 Å². The van der Waals surface area contributed by atoms with E-state index in [0.717, 1.165) is 38.0 Å². The molecular formula is C19H22FN3O. The monoisotopic (exact) mass is 327 g/mol. The molecule has 0 saturated carbocycles. The lowest BCUT2D eigenvalue weighted by molar-refractivity contribution is -0.131. The number of carbonyl (C=O) groups excluding carboxylic acids is 1. The summed E-state index contributed by atoms with van der Waals surface area (Å²) in [6, 6.07) is 8.62. The number of likely N-dealkylation sites (tertiary alicyclic amines) is 1. The molecule has 1 saturated heterocycles. The number of nitrogens with zero attached hydrogens (tertiary/aromatic N) is 3. The van der Waals surface area contributed by atoms with Gasteiger partial charge in [0.05, 0.1) is 0 Å². The molecular weight excluding hydrogens is 305 g/mol. The zero-order valence-electron chi connectivity index (χ0n) is 13.7. The summed E-state index contributed by atoms with van der Waals surface area (Å²) < 4.78 is 13.1. The van der Waals surface area contributed by atoms with Crippen molar-refractivity contribution in [3.05, 3.63) is 59.9 Å². The van der Waals surface area contributed by atoms with Gasteiger partial charge in [-0.3, -0.25) is 4.79 Å². The number of halogens is 1. The van der Waals surface area contributed by atoms with E-state index in [1.54, 1.807) is 6.20 Å². The molecule has 0 N–H and O–H groups in total. The molecule has 1 fully saturated rings. The molecule has 4 nitrogen and oxygen atoms in total. The number of amides is 1. The Kier molecular flexibility index (Phi) is 5.51. The van der Waals surface area contributed by atoms with Gasteiger partial charge >= 0.3 is 0 Å². The third-order valence-electron chi connectivity index (χ3n) is 4.66. The number of hydrogen-bond donors (Lipinski definition) is 0. The maximum absolute atomic E-state index is 13.1. The Balaban J connectivity index is 1.53. The van der Waals surface area contributed by atoms with Crippen molar-refractivity contribution < 1.29 is 9.18 Å². The number of aryl methyl sites for hydroxylation is 1. The van der Waals surface area contributed by atoms with E-state index in [-0.39, 0.29) is 11.7 Å². The molecule has 1 amide bonds. The summed E-state index contributed by atoms with van der Waals surface area (Å²) >= 11 is 0. The van der Waals surface area contributed by atoms with E-state index >= 15 is 0 Å². The van der Waals surface area contributed by atoms with Crippen LogP contribution in [0.4, 0.5) is 4.39 Å². The van der Waals surface area contributed by atoms with Crippen molar-refractivity contribution in [2.24, 2.45) is 0 Å². The highest BCUT2D eigenvalue weighted by Gasteiger charge is 2.21. The van der Waals surface area contributed by atoms with Crippen LogP contribution >= 0.6 is 0 Å². The molecule has 1 aliphatic rings. The average molecular weight is 327 g/mol. The topological polar surface area (TPSA) is 46.1 Å². The second-order valence-corrected chi connectivity index (χ2v) is 6.26. The van der Waals surface area contributed by atoms with Crippen LogP contribution in [0.15, 0.2) is 42.9 Å². The summed E-state index contributed by atoms with van der Waals surface area (Å²) in [7, 11) is 0. The zero-order chi connectivity index (χ0) is 16.8. The normalized spacial score (nSPS) is 18.2. The van der Waals surface area contributed by atoms with Crippen LogP contribution in [0.25, 0.3) is 0 Å². The first-order valence-corrected chi connectivity index (χ1v) is 8.50. The molecule has 1 atom stereocenters. The predicted octanol–water partition coefficient (Wildman–Crippen LogP) is 3.34. The van der Waals surface area contributed by atoms with Crippen LogP contribution in [0.1, 0.15) is 42.9 Å². The van der Waals surface area contributed by atoms with E-state index in [4.69, 9.17) is 0 Å². The van der Waals surface area contributed by atoms with Crippen molar-refractivity contribution in [2.45, 2.75) is 38.0 Å². The van der Waals surface area contributed by atoms with Crippen LogP contribution in [-0.2, 0) is 11.2 Å². The van der Waals surface area contributed by atoms with Crippen LogP contribution in [0.5, 0.6) is 0 Å². The molecule has 0 radical (unpaired) electrons. The second kappa shape index (κ2) is 7.99. The van der Waals surface area contributed by atoms with Crippen LogP contribution in [-0.4, -0.2) is 33.9 Å². The standard InChI is InChI=1S/C19H22FN3O/c20-17-5-3-16(4-6-17)15-2-1-12-23(13-10-15)19(24)8-7-18-9-11-21-14-22-18/h3-6,9,11,14-15H,1-2,7-8,10,12-13H2/t15-/m0/s1. The fourth-order valence-corrected chi connectivity index (χ4v) is 3.27. The minimum atomic E-state index is -0.200. The fourth-order valence-electron chi connectivity index (χ4n) is 3.27. The Morgan fingerprint density at radius 2 is 2.00 bits per heavy atom. The van der Waals surface area contributed by atoms with Gasteiger partial charge in [-0.25, -0.2) is 14.4 Å². The minimum Gasteiger partial charge on any atom is -0.343 e. The second-order valence-electron chi connectivity index (χ2n) is 6.26. The molecule has 1 aromatic carbocycles. The number of aromatic nitrogens is 2. The van der Waals surface area contributed by atoms with E-state index in [2.05, 4.69) is 9.97 Å². The van der Waals surface area contributed by atoms with Gasteiger partial charge in [-0.05, 0) is 55.4 Å². The lowest BCUT2D eigenvalue weighted by atomic mass is 9.92. The van der Waals surface area contributed by atoms with Crippen molar-refractivity contribution in [1.29, 1.82) is 0 Å². The van der Waals surface area contributed by atoms with Gasteiger partial charge in [-0.2, -0.15) is 0 Å². The van der Waals surface area contributed by atoms with Crippen LogP contribution in [0.3, 0.4) is 0 Å². The summed E-state index contributed by atoms with van der Waals surface area (Å²) in [6.45, 7) is 1.57. The first-order valence-electron chi connectivity index (χ1n) is 8.50. The molecule has 126 valence electrons.